The second-order valence-electron chi connectivity index (χ2n) is 6.34. The fourth-order valence-electron chi connectivity index (χ4n) is 2.97. The summed E-state index contributed by atoms with van der Waals surface area (Å²) in [5.41, 5.74) is 0. The zero-order valence-electron chi connectivity index (χ0n) is 14.0. The van der Waals surface area contributed by atoms with Crippen LogP contribution in [-0.2, 0) is 11.3 Å². The van der Waals surface area contributed by atoms with Gasteiger partial charge in [0.2, 0.25) is 11.1 Å². The first kappa shape index (κ1) is 17.0. The Balaban J connectivity index is 1.57. The highest BCUT2D eigenvalue weighted by atomic mass is 32.2. The number of hydrogen-bond acceptors (Lipinski definition) is 6. The molecule has 0 spiro atoms. The highest BCUT2D eigenvalue weighted by Gasteiger charge is 2.26. The lowest BCUT2D eigenvalue weighted by atomic mass is 9.86. The summed E-state index contributed by atoms with van der Waals surface area (Å²) in [5.74, 6) is 1.37. The van der Waals surface area contributed by atoms with Crippen molar-refractivity contribution in [2.75, 3.05) is 0 Å². The van der Waals surface area contributed by atoms with E-state index in [9.17, 15) is 4.79 Å². The SMILES string of the molecule is CC(Sc1nnnn1Cc1ccco1)C(=O)NC1CCCCC1C. The molecule has 24 heavy (non-hydrogen) atoms. The van der Waals surface area contributed by atoms with E-state index in [-0.39, 0.29) is 17.2 Å². The average Bonchev–Trinajstić information content (AvgIpc) is 3.22. The van der Waals surface area contributed by atoms with Crippen molar-refractivity contribution in [3.05, 3.63) is 24.2 Å². The first-order valence-electron chi connectivity index (χ1n) is 8.39. The Morgan fingerprint density at radius 3 is 3.08 bits per heavy atom. The molecule has 2 heterocycles. The number of amides is 1. The molecule has 130 valence electrons. The zero-order chi connectivity index (χ0) is 16.9. The molecule has 1 amide bonds. The minimum Gasteiger partial charge on any atom is -0.467 e. The molecule has 3 atom stereocenters. The maximum absolute atomic E-state index is 12.5. The predicted octanol–water partition coefficient (Wildman–Crippen LogP) is 2.49. The molecule has 0 aliphatic heterocycles. The summed E-state index contributed by atoms with van der Waals surface area (Å²) < 4.78 is 6.97. The van der Waals surface area contributed by atoms with Gasteiger partial charge in [-0.25, -0.2) is 4.68 Å². The molecule has 1 N–H and O–H groups in total. The third-order valence-corrected chi connectivity index (χ3v) is 5.55. The largest absolute Gasteiger partial charge is 0.467 e. The molecule has 3 unspecified atom stereocenters. The van der Waals surface area contributed by atoms with E-state index in [0.717, 1.165) is 12.2 Å². The predicted molar refractivity (Wildman–Crippen MR) is 90.5 cm³/mol. The van der Waals surface area contributed by atoms with Crippen LogP contribution in [-0.4, -0.2) is 37.4 Å². The number of nitrogens with one attached hydrogen (secondary N) is 1. The number of rotatable bonds is 6. The molecule has 8 heteroatoms. The highest BCUT2D eigenvalue weighted by Crippen LogP contribution is 2.25. The lowest BCUT2D eigenvalue weighted by Crippen LogP contribution is -2.44. The van der Waals surface area contributed by atoms with E-state index in [1.54, 1.807) is 10.9 Å². The quantitative estimate of drug-likeness (QED) is 0.807. The number of carbonyl (C=O) groups is 1. The Labute approximate surface area is 145 Å². The molecule has 2 aromatic rings. The number of carbonyl (C=O) groups excluding carboxylic acids is 1. The molecule has 1 aliphatic rings. The van der Waals surface area contributed by atoms with Crippen molar-refractivity contribution in [1.82, 2.24) is 25.5 Å². The van der Waals surface area contributed by atoms with E-state index < -0.39 is 0 Å². The zero-order valence-corrected chi connectivity index (χ0v) is 14.8. The summed E-state index contributed by atoms with van der Waals surface area (Å²) in [6.45, 7) is 4.56. The van der Waals surface area contributed by atoms with E-state index >= 15 is 0 Å². The van der Waals surface area contributed by atoms with Gasteiger partial charge >= 0.3 is 0 Å². The molecule has 7 nitrogen and oxygen atoms in total. The third-order valence-electron chi connectivity index (χ3n) is 4.48. The van der Waals surface area contributed by atoms with Crippen LogP contribution in [0.2, 0.25) is 0 Å². The Morgan fingerprint density at radius 1 is 1.50 bits per heavy atom. The summed E-state index contributed by atoms with van der Waals surface area (Å²) in [7, 11) is 0. The molecular formula is C16H23N5O2S. The van der Waals surface area contributed by atoms with Gasteiger partial charge in [-0.2, -0.15) is 0 Å². The van der Waals surface area contributed by atoms with Crippen LogP contribution in [0.5, 0.6) is 0 Å². The van der Waals surface area contributed by atoms with Crippen LogP contribution in [0.3, 0.4) is 0 Å². The van der Waals surface area contributed by atoms with Gasteiger partial charge in [0.15, 0.2) is 0 Å². The molecule has 2 aromatic heterocycles. The molecule has 1 aliphatic carbocycles. The van der Waals surface area contributed by atoms with Crippen molar-refractivity contribution >= 4 is 17.7 Å². The third kappa shape index (κ3) is 4.17. The number of nitrogens with zero attached hydrogens (tertiary/aromatic N) is 4. The summed E-state index contributed by atoms with van der Waals surface area (Å²) in [5, 5.41) is 15.3. The summed E-state index contributed by atoms with van der Waals surface area (Å²) >= 11 is 1.37. The van der Waals surface area contributed by atoms with Gasteiger partial charge in [0, 0.05) is 6.04 Å². The molecule has 1 saturated carbocycles. The van der Waals surface area contributed by atoms with Crippen LogP contribution in [0.1, 0.15) is 45.3 Å². The maximum atomic E-state index is 12.5. The van der Waals surface area contributed by atoms with Crippen LogP contribution in [0.15, 0.2) is 28.0 Å². The minimum atomic E-state index is -0.250. The van der Waals surface area contributed by atoms with Gasteiger partial charge in [-0.05, 0) is 48.2 Å². The molecular weight excluding hydrogens is 326 g/mol. The minimum absolute atomic E-state index is 0.0475. The van der Waals surface area contributed by atoms with Gasteiger partial charge < -0.3 is 9.73 Å². The van der Waals surface area contributed by atoms with E-state index in [1.807, 2.05) is 19.1 Å². The maximum Gasteiger partial charge on any atom is 0.233 e. The molecule has 0 aromatic carbocycles. The van der Waals surface area contributed by atoms with Gasteiger partial charge in [-0.15, -0.1) is 5.10 Å². The topological polar surface area (TPSA) is 85.8 Å². The van der Waals surface area contributed by atoms with E-state index in [2.05, 4.69) is 27.8 Å². The average molecular weight is 349 g/mol. The van der Waals surface area contributed by atoms with Crippen molar-refractivity contribution in [3.63, 3.8) is 0 Å². The second-order valence-corrected chi connectivity index (χ2v) is 7.64. The van der Waals surface area contributed by atoms with E-state index in [1.165, 1.54) is 31.0 Å². The number of tetrazole rings is 1. The molecule has 3 rings (SSSR count). The van der Waals surface area contributed by atoms with E-state index in [4.69, 9.17) is 4.42 Å². The molecule has 1 fully saturated rings. The molecule has 0 radical (unpaired) electrons. The standard InChI is InChI=1S/C16H23N5O2S/c1-11-6-3-4-8-14(11)17-15(22)12(2)24-16-18-19-20-21(16)10-13-7-5-9-23-13/h5,7,9,11-12,14H,3-4,6,8,10H2,1-2H3,(H,17,22). The van der Waals surface area contributed by atoms with Crippen molar-refractivity contribution in [2.45, 2.75) is 62.5 Å². The molecule has 0 bridgehead atoms. The summed E-state index contributed by atoms with van der Waals surface area (Å²) in [4.78, 5) is 12.5. The Hall–Kier alpha value is -1.83. The van der Waals surface area contributed by atoms with Crippen LogP contribution in [0, 0.1) is 5.92 Å². The first-order chi connectivity index (χ1) is 11.6. The van der Waals surface area contributed by atoms with Gasteiger partial charge in [0.1, 0.15) is 12.3 Å². The van der Waals surface area contributed by atoms with Gasteiger partial charge in [-0.1, -0.05) is 31.5 Å². The van der Waals surface area contributed by atoms with E-state index in [0.29, 0.717) is 17.6 Å². The normalized spacial score (nSPS) is 22.2. The number of thioether (sulfide) groups is 1. The Bertz CT molecular complexity index is 657. The monoisotopic (exact) mass is 349 g/mol. The van der Waals surface area contributed by atoms with Gasteiger partial charge in [0.25, 0.3) is 0 Å². The fourth-order valence-corrected chi connectivity index (χ4v) is 3.77. The second kappa shape index (κ2) is 7.83. The van der Waals surface area contributed by atoms with Crippen LogP contribution >= 0.6 is 11.8 Å². The van der Waals surface area contributed by atoms with Crippen molar-refractivity contribution < 1.29 is 9.21 Å². The Kier molecular flexibility index (Phi) is 5.55. The van der Waals surface area contributed by atoms with Crippen molar-refractivity contribution in [1.29, 1.82) is 0 Å². The summed E-state index contributed by atoms with van der Waals surface area (Å²) in [6.07, 6.45) is 6.33. The van der Waals surface area contributed by atoms with Crippen LogP contribution < -0.4 is 5.32 Å². The van der Waals surface area contributed by atoms with Crippen LogP contribution in [0.25, 0.3) is 0 Å². The van der Waals surface area contributed by atoms with Crippen molar-refractivity contribution in [3.8, 4) is 0 Å². The van der Waals surface area contributed by atoms with Crippen LogP contribution in [0.4, 0.5) is 0 Å². The number of aromatic nitrogens is 4. The lowest BCUT2D eigenvalue weighted by molar-refractivity contribution is -0.121. The Morgan fingerprint density at radius 2 is 2.33 bits per heavy atom. The summed E-state index contributed by atoms with van der Waals surface area (Å²) in [6, 6.07) is 3.98. The number of hydrogen-bond donors (Lipinski definition) is 1. The number of furan rings is 1. The van der Waals surface area contributed by atoms with Crippen molar-refractivity contribution in [2.24, 2.45) is 5.92 Å². The lowest BCUT2D eigenvalue weighted by Gasteiger charge is -2.30. The van der Waals surface area contributed by atoms with Gasteiger partial charge in [0.05, 0.1) is 11.5 Å². The smallest absolute Gasteiger partial charge is 0.233 e. The fraction of sp³-hybridized carbons (Fsp3) is 0.625. The molecule has 0 saturated heterocycles. The highest BCUT2D eigenvalue weighted by molar-refractivity contribution is 8.00. The van der Waals surface area contributed by atoms with Gasteiger partial charge in [-0.3, -0.25) is 4.79 Å². The first-order valence-corrected chi connectivity index (χ1v) is 9.27.